The van der Waals surface area contributed by atoms with Crippen LogP contribution in [0.1, 0.15) is 21.5 Å². The SMILES string of the molecule is Cc1cc(C(=O)N2CCS(=O)(=O)CC2)cc(C)c1OCC(=O)O. The number of carbonyl (C=O) groups excluding carboxylic acids is 1. The number of ether oxygens (including phenoxy) is 1. The summed E-state index contributed by atoms with van der Waals surface area (Å²) >= 11 is 0. The first-order valence-corrected chi connectivity index (χ1v) is 8.97. The van der Waals surface area contributed by atoms with Gasteiger partial charge in [0.2, 0.25) is 0 Å². The molecule has 1 fully saturated rings. The van der Waals surface area contributed by atoms with Crippen LogP contribution in [0.25, 0.3) is 0 Å². The molecule has 8 heteroatoms. The third kappa shape index (κ3) is 4.22. The fraction of sp³-hybridized carbons (Fsp3) is 0.467. The number of carbonyl (C=O) groups is 2. The lowest BCUT2D eigenvalue weighted by Gasteiger charge is -2.27. The number of rotatable bonds is 4. The van der Waals surface area contributed by atoms with Crippen molar-refractivity contribution in [2.24, 2.45) is 0 Å². The van der Waals surface area contributed by atoms with Gasteiger partial charge in [-0.3, -0.25) is 4.79 Å². The minimum atomic E-state index is -3.04. The molecule has 0 saturated carbocycles. The maximum atomic E-state index is 12.5. The lowest BCUT2D eigenvalue weighted by Crippen LogP contribution is -2.43. The lowest BCUT2D eigenvalue weighted by atomic mass is 10.0. The molecule has 2 rings (SSSR count). The van der Waals surface area contributed by atoms with Crippen LogP contribution in [0.3, 0.4) is 0 Å². The zero-order valence-electron chi connectivity index (χ0n) is 13.0. The van der Waals surface area contributed by atoms with Gasteiger partial charge in [-0.1, -0.05) is 0 Å². The Labute approximate surface area is 134 Å². The van der Waals surface area contributed by atoms with E-state index in [1.807, 2.05) is 0 Å². The third-order valence-electron chi connectivity index (χ3n) is 3.68. The van der Waals surface area contributed by atoms with Crippen molar-refractivity contribution in [1.82, 2.24) is 4.90 Å². The second kappa shape index (κ2) is 6.57. The number of amides is 1. The number of nitrogens with zero attached hydrogens (tertiary/aromatic N) is 1. The van der Waals surface area contributed by atoms with Crippen LogP contribution in [0, 0.1) is 13.8 Å². The molecule has 1 aromatic rings. The van der Waals surface area contributed by atoms with Gasteiger partial charge in [0.1, 0.15) is 5.75 Å². The van der Waals surface area contributed by atoms with Crippen LogP contribution in [-0.4, -0.2) is 61.5 Å². The summed E-state index contributed by atoms with van der Waals surface area (Å²) in [7, 11) is -3.04. The Morgan fingerprint density at radius 3 is 2.17 bits per heavy atom. The van der Waals surface area contributed by atoms with E-state index < -0.39 is 22.4 Å². The molecule has 1 amide bonds. The summed E-state index contributed by atoms with van der Waals surface area (Å²) in [6, 6.07) is 3.27. The van der Waals surface area contributed by atoms with Crippen LogP contribution in [0.15, 0.2) is 12.1 Å². The van der Waals surface area contributed by atoms with Crippen LogP contribution < -0.4 is 4.74 Å². The zero-order chi connectivity index (χ0) is 17.2. The van der Waals surface area contributed by atoms with Gasteiger partial charge in [0.05, 0.1) is 11.5 Å². The van der Waals surface area contributed by atoms with Crippen LogP contribution in [0.5, 0.6) is 5.75 Å². The molecule has 0 bridgehead atoms. The summed E-state index contributed by atoms with van der Waals surface area (Å²) in [5, 5.41) is 8.68. The summed E-state index contributed by atoms with van der Waals surface area (Å²) < 4.78 is 28.1. The van der Waals surface area contributed by atoms with Gasteiger partial charge < -0.3 is 14.7 Å². The number of benzene rings is 1. The Hall–Kier alpha value is -2.09. The molecular weight excluding hydrogens is 322 g/mol. The lowest BCUT2D eigenvalue weighted by molar-refractivity contribution is -0.139. The van der Waals surface area contributed by atoms with Gasteiger partial charge in [-0.15, -0.1) is 0 Å². The highest BCUT2D eigenvalue weighted by Crippen LogP contribution is 2.25. The average Bonchev–Trinajstić information content (AvgIpc) is 2.45. The van der Waals surface area contributed by atoms with E-state index in [4.69, 9.17) is 9.84 Å². The number of aliphatic carboxylic acids is 1. The van der Waals surface area contributed by atoms with E-state index in [2.05, 4.69) is 0 Å². The van der Waals surface area contributed by atoms with Crippen LogP contribution in [0.2, 0.25) is 0 Å². The minimum absolute atomic E-state index is 0.0174. The van der Waals surface area contributed by atoms with Gasteiger partial charge >= 0.3 is 5.97 Å². The molecule has 0 spiro atoms. The van der Waals surface area contributed by atoms with E-state index in [1.165, 1.54) is 4.90 Å². The van der Waals surface area contributed by atoms with Gasteiger partial charge in [-0.2, -0.15) is 0 Å². The molecule has 0 atom stereocenters. The molecular formula is C15H19NO6S. The maximum absolute atomic E-state index is 12.5. The molecule has 0 unspecified atom stereocenters. The summed E-state index contributed by atoms with van der Waals surface area (Å²) in [4.78, 5) is 24.6. The number of sulfone groups is 1. The highest BCUT2D eigenvalue weighted by Gasteiger charge is 2.26. The van der Waals surface area contributed by atoms with E-state index in [0.29, 0.717) is 22.4 Å². The largest absolute Gasteiger partial charge is 0.481 e. The van der Waals surface area contributed by atoms with Gasteiger partial charge in [0.25, 0.3) is 5.91 Å². The second-order valence-electron chi connectivity index (χ2n) is 5.57. The van der Waals surface area contributed by atoms with Crippen molar-refractivity contribution >= 4 is 21.7 Å². The molecule has 0 radical (unpaired) electrons. The fourth-order valence-electron chi connectivity index (χ4n) is 2.53. The third-order valence-corrected chi connectivity index (χ3v) is 5.29. The number of hydrogen-bond acceptors (Lipinski definition) is 5. The first kappa shape index (κ1) is 17.3. The molecule has 1 saturated heterocycles. The summed E-state index contributed by atoms with van der Waals surface area (Å²) in [5.74, 6) is -0.882. The maximum Gasteiger partial charge on any atom is 0.341 e. The van der Waals surface area contributed by atoms with E-state index in [0.717, 1.165) is 0 Å². The first-order chi connectivity index (χ1) is 10.7. The molecule has 0 aliphatic carbocycles. The topological polar surface area (TPSA) is 101 Å². The van der Waals surface area contributed by atoms with Crippen molar-refractivity contribution < 1.29 is 27.9 Å². The van der Waals surface area contributed by atoms with Crippen molar-refractivity contribution in [3.63, 3.8) is 0 Å². The predicted octanol–water partition coefficient (Wildman–Crippen LogP) is 0.637. The van der Waals surface area contributed by atoms with Gasteiger partial charge in [0.15, 0.2) is 16.4 Å². The summed E-state index contributed by atoms with van der Waals surface area (Å²) in [5.41, 5.74) is 1.78. The number of hydrogen-bond donors (Lipinski definition) is 1. The monoisotopic (exact) mass is 341 g/mol. The van der Waals surface area contributed by atoms with E-state index in [9.17, 15) is 18.0 Å². The molecule has 1 heterocycles. The van der Waals surface area contributed by atoms with Crippen LogP contribution in [0.4, 0.5) is 0 Å². The Bertz CT molecular complexity index is 703. The smallest absolute Gasteiger partial charge is 0.341 e. The Morgan fingerprint density at radius 1 is 1.17 bits per heavy atom. The standard InChI is InChI=1S/C15H19NO6S/c1-10-7-12(8-11(2)14(10)22-9-13(17)18)15(19)16-3-5-23(20,21)6-4-16/h7-8H,3-6,9H2,1-2H3,(H,17,18). The first-order valence-electron chi connectivity index (χ1n) is 7.15. The van der Waals surface area contributed by atoms with Crippen LogP contribution in [-0.2, 0) is 14.6 Å². The van der Waals surface area contributed by atoms with Gasteiger partial charge in [-0.05, 0) is 37.1 Å². The Balaban J connectivity index is 2.17. The van der Waals surface area contributed by atoms with Crippen molar-refractivity contribution in [1.29, 1.82) is 0 Å². The van der Waals surface area contributed by atoms with Crippen molar-refractivity contribution in [2.45, 2.75) is 13.8 Å². The summed E-state index contributed by atoms with van der Waals surface area (Å²) in [6.45, 7) is 3.41. The number of carboxylic acids is 1. The minimum Gasteiger partial charge on any atom is -0.481 e. The molecule has 1 aliphatic heterocycles. The second-order valence-corrected chi connectivity index (χ2v) is 7.87. The van der Waals surface area contributed by atoms with E-state index in [-0.39, 0.29) is 30.5 Å². The molecule has 1 N–H and O–H groups in total. The average molecular weight is 341 g/mol. The highest BCUT2D eigenvalue weighted by atomic mass is 32.2. The predicted molar refractivity (Wildman–Crippen MR) is 83.6 cm³/mol. The zero-order valence-corrected chi connectivity index (χ0v) is 13.9. The quantitative estimate of drug-likeness (QED) is 0.862. The van der Waals surface area contributed by atoms with E-state index in [1.54, 1.807) is 26.0 Å². The van der Waals surface area contributed by atoms with Crippen molar-refractivity contribution in [3.8, 4) is 5.75 Å². The Morgan fingerprint density at radius 2 is 1.70 bits per heavy atom. The normalized spacial score (nSPS) is 16.9. The van der Waals surface area contributed by atoms with Crippen molar-refractivity contribution in [3.05, 3.63) is 28.8 Å². The van der Waals surface area contributed by atoms with Crippen LogP contribution >= 0.6 is 0 Å². The Kier molecular flexibility index (Phi) is 4.93. The van der Waals surface area contributed by atoms with Crippen molar-refractivity contribution in [2.75, 3.05) is 31.2 Å². The molecule has 7 nitrogen and oxygen atoms in total. The molecule has 126 valence electrons. The molecule has 1 aromatic carbocycles. The summed E-state index contributed by atoms with van der Waals surface area (Å²) in [6.07, 6.45) is 0. The molecule has 0 aromatic heterocycles. The van der Waals surface area contributed by atoms with Gasteiger partial charge in [0, 0.05) is 18.7 Å². The fourth-order valence-corrected chi connectivity index (χ4v) is 3.73. The number of carboxylic acid groups (broad SMARTS) is 1. The number of aryl methyl sites for hydroxylation is 2. The highest BCUT2D eigenvalue weighted by molar-refractivity contribution is 7.91. The van der Waals surface area contributed by atoms with Gasteiger partial charge in [-0.25, -0.2) is 13.2 Å². The molecule has 1 aliphatic rings. The molecule has 23 heavy (non-hydrogen) atoms. The van der Waals surface area contributed by atoms with E-state index >= 15 is 0 Å².